The molecule has 0 aromatic heterocycles. The van der Waals surface area contributed by atoms with Crippen molar-refractivity contribution in [1.82, 2.24) is 4.90 Å². The molecule has 4 heteroatoms. The van der Waals surface area contributed by atoms with Gasteiger partial charge in [-0.3, -0.25) is 9.69 Å². The summed E-state index contributed by atoms with van der Waals surface area (Å²) in [7, 11) is 0. The van der Waals surface area contributed by atoms with Crippen molar-refractivity contribution in [2.45, 2.75) is 70.7 Å². The normalized spacial score (nSPS) is 39.6. The van der Waals surface area contributed by atoms with E-state index in [-0.39, 0.29) is 36.1 Å². The number of rotatable bonds is 4. The van der Waals surface area contributed by atoms with Gasteiger partial charge in [0, 0.05) is 12.1 Å². The maximum Gasteiger partial charge on any atom is 0.321 e. The molecular formula is C14H25NO3. The quantitative estimate of drug-likeness (QED) is 0.803. The molecule has 0 aliphatic carbocycles. The molecule has 4 nitrogen and oxygen atoms in total. The number of hydrogen-bond donors (Lipinski definition) is 2. The number of hydrogen-bond acceptors (Lipinski definition) is 3. The highest BCUT2D eigenvalue weighted by Crippen LogP contribution is 2.42. The summed E-state index contributed by atoms with van der Waals surface area (Å²) in [6.07, 6.45) is 3.42. The molecule has 0 aromatic carbocycles. The lowest BCUT2D eigenvalue weighted by atomic mass is 9.85. The van der Waals surface area contributed by atoms with Crippen LogP contribution in [0.15, 0.2) is 0 Å². The lowest BCUT2D eigenvalue weighted by Gasteiger charge is -2.45. The first kappa shape index (κ1) is 13.8. The third kappa shape index (κ3) is 2.16. The van der Waals surface area contributed by atoms with Gasteiger partial charge in [-0.25, -0.2) is 0 Å². The average molecular weight is 255 g/mol. The molecule has 2 saturated heterocycles. The van der Waals surface area contributed by atoms with Gasteiger partial charge in [0.2, 0.25) is 0 Å². The Balaban J connectivity index is 2.24. The van der Waals surface area contributed by atoms with Gasteiger partial charge < -0.3 is 10.2 Å². The van der Waals surface area contributed by atoms with Gasteiger partial charge in [0.25, 0.3) is 0 Å². The Morgan fingerprint density at radius 1 is 1.44 bits per heavy atom. The van der Waals surface area contributed by atoms with Crippen LogP contribution in [0.4, 0.5) is 0 Å². The second-order valence-corrected chi connectivity index (χ2v) is 6.08. The van der Waals surface area contributed by atoms with Crippen molar-refractivity contribution in [3.05, 3.63) is 0 Å². The van der Waals surface area contributed by atoms with E-state index in [0.717, 1.165) is 25.7 Å². The van der Waals surface area contributed by atoms with Crippen LogP contribution in [0.3, 0.4) is 0 Å². The Morgan fingerprint density at radius 2 is 2.11 bits per heavy atom. The van der Waals surface area contributed by atoms with Crippen LogP contribution in [0.25, 0.3) is 0 Å². The lowest BCUT2D eigenvalue weighted by molar-refractivity contribution is -0.150. The second kappa shape index (κ2) is 5.17. The number of aliphatic carboxylic acids is 1. The van der Waals surface area contributed by atoms with Crippen LogP contribution in [0.5, 0.6) is 0 Å². The largest absolute Gasteiger partial charge is 0.480 e. The Hall–Kier alpha value is -0.610. The van der Waals surface area contributed by atoms with Crippen LogP contribution in [0, 0.1) is 11.8 Å². The van der Waals surface area contributed by atoms with Crippen molar-refractivity contribution >= 4 is 5.97 Å². The van der Waals surface area contributed by atoms with E-state index in [1.54, 1.807) is 0 Å². The summed E-state index contributed by atoms with van der Waals surface area (Å²) in [5.41, 5.74) is 0. The molecule has 2 N–H and O–H groups in total. The lowest BCUT2D eigenvalue weighted by Crippen LogP contribution is -2.58. The number of fused-ring (bicyclic) bond motifs is 2. The molecule has 6 unspecified atom stereocenters. The van der Waals surface area contributed by atoms with Crippen molar-refractivity contribution in [3.63, 3.8) is 0 Å². The molecule has 6 atom stereocenters. The van der Waals surface area contributed by atoms with Crippen LogP contribution in [-0.2, 0) is 4.79 Å². The molecule has 2 fully saturated rings. The Bertz CT molecular complexity index is 320. The van der Waals surface area contributed by atoms with E-state index in [0.29, 0.717) is 0 Å². The number of carboxylic acids is 1. The minimum absolute atomic E-state index is 0.160. The van der Waals surface area contributed by atoms with E-state index in [9.17, 15) is 15.0 Å². The van der Waals surface area contributed by atoms with E-state index >= 15 is 0 Å². The number of carbonyl (C=O) groups is 1. The zero-order chi connectivity index (χ0) is 13.4. The molecule has 0 amide bonds. The summed E-state index contributed by atoms with van der Waals surface area (Å²) in [6, 6.07) is 0.118. The number of carboxylic acid groups (broad SMARTS) is 1. The zero-order valence-electron chi connectivity index (χ0n) is 11.5. The summed E-state index contributed by atoms with van der Waals surface area (Å²) in [5, 5.41) is 19.6. The van der Waals surface area contributed by atoms with Gasteiger partial charge in [-0.2, -0.15) is 0 Å². The fourth-order valence-corrected chi connectivity index (χ4v) is 3.78. The average Bonchev–Trinajstić information content (AvgIpc) is 2.64. The summed E-state index contributed by atoms with van der Waals surface area (Å²) in [5.74, 6) is -0.354. The zero-order valence-corrected chi connectivity index (χ0v) is 11.5. The highest BCUT2D eigenvalue weighted by atomic mass is 16.4. The number of aliphatic hydroxyl groups is 1. The molecule has 0 saturated carbocycles. The van der Waals surface area contributed by atoms with Crippen molar-refractivity contribution in [3.8, 4) is 0 Å². The fraction of sp³-hybridized carbons (Fsp3) is 0.929. The monoisotopic (exact) mass is 255 g/mol. The molecule has 0 spiro atoms. The minimum Gasteiger partial charge on any atom is -0.480 e. The van der Waals surface area contributed by atoms with E-state index < -0.39 is 5.97 Å². The Kier molecular flexibility index (Phi) is 3.97. The van der Waals surface area contributed by atoms with Crippen LogP contribution in [0.1, 0.15) is 46.5 Å². The van der Waals surface area contributed by atoms with Gasteiger partial charge in [-0.05, 0) is 31.1 Å². The van der Waals surface area contributed by atoms with Crippen LogP contribution < -0.4 is 0 Å². The molecule has 0 aromatic rings. The first-order chi connectivity index (χ1) is 8.47. The molecule has 2 heterocycles. The van der Waals surface area contributed by atoms with Gasteiger partial charge in [0.05, 0.1) is 6.10 Å². The van der Waals surface area contributed by atoms with Gasteiger partial charge in [0.1, 0.15) is 6.04 Å². The smallest absolute Gasteiger partial charge is 0.321 e. The molecule has 2 aliphatic rings. The topological polar surface area (TPSA) is 60.8 Å². The SMILES string of the molecule is CCC(C)C(C(=O)O)N1C2CCC1C(C)C(O)C2. The highest BCUT2D eigenvalue weighted by Gasteiger charge is 2.50. The van der Waals surface area contributed by atoms with Gasteiger partial charge in [-0.1, -0.05) is 27.2 Å². The predicted octanol–water partition coefficient (Wildman–Crippen LogP) is 1.72. The summed E-state index contributed by atoms with van der Waals surface area (Å²) < 4.78 is 0. The van der Waals surface area contributed by atoms with Gasteiger partial charge in [-0.15, -0.1) is 0 Å². The minimum atomic E-state index is -0.704. The third-order valence-corrected chi connectivity index (χ3v) is 5.08. The first-order valence-electron chi connectivity index (χ1n) is 7.15. The van der Waals surface area contributed by atoms with E-state index in [1.807, 2.05) is 13.8 Å². The molecular weight excluding hydrogens is 230 g/mol. The standard InChI is InChI=1S/C14H25NO3/c1-4-8(2)13(14(17)18)15-10-5-6-11(15)9(3)12(16)7-10/h8-13,16H,4-7H2,1-3H3,(H,17,18). The molecule has 2 bridgehead atoms. The second-order valence-electron chi connectivity index (χ2n) is 6.08. The first-order valence-corrected chi connectivity index (χ1v) is 7.15. The molecule has 0 radical (unpaired) electrons. The number of aliphatic hydroxyl groups excluding tert-OH is 1. The molecule has 2 aliphatic heterocycles. The summed E-state index contributed by atoms with van der Waals surface area (Å²) >= 11 is 0. The van der Waals surface area contributed by atoms with Gasteiger partial charge >= 0.3 is 5.97 Å². The number of nitrogens with zero attached hydrogens (tertiary/aromatic N) is 1. The van der Waals surface area contributed by atoms with Crippen LogP contribution >= 0.6 is 0 Å². The van der Waals surface area contributed by atoms with Crippen molar-refractivity contribution in [1.29, 1.82) is 0 Å². The van der Waals surface area contributed by atoms with Crippen molar-refractivity contribution < 1.29 is 15.0 Å². The fourth-order valence-electron chi connectivity index (χ4n) is 3.78. The van der Waals surface area contributed by atoms with E-state index in [2.05, 4.69) is 11.8 Å². The molecule has 18 heavy (non-hydrogen) atoms. The van der Waals surface area contributed by atoms with E-state index in [1.165, 1.54) is 0 Å². The Morgan fingerprint density at radius 3 is 2.67 bits per heavy atom. The third-order valence-electron chi connectivity index (χ3n) is 5.08. The Labute approximate surface area is 109 Å². The van der Waals surface area contributed by atoms with Crippen LogP contribution in [0.2, 0.25) is 0 Å². The number of piperidine rings is 1. The van der Waals surface area contributed by atoms with Crippen molar-refractivity contribution in [2.75, 3.05) is 0 Å². The highest BCUT2D eigenvalue weighted by molar-refractivity contribution is 5.74. The maximum absolute atomic E-state index is 11.6. The molecule has 104 valence electrons. The van der Waals surface area contributed by atoms with Crippen LogP contribution in [-0.4, -0.2) is 45.3 Å². The maximum atomic E-state index is 11.6. The summed E-state index contributed by atoms with van der Waals surface area (Å²) in [6.45, 7) is 6.12. The van der Waals surface area contributed by atoms with E-state index in [4.69, 9.17) is 0 Å². The van der Waals surface area contributed by atoms with Crippen molar-refractivity contribution in [2.24, 2.45) is 11.8 Å². The predicted molar refractivity (Wildman–Crippen MR) is 69.3 cm³/mol. The van der Waals surface area contributed by atoms with Gasteiger partial charge in [0.15, 0.2) is 0 Å². The molecule has 2 rings (SSSR count). The summed E-state index contributed by atoms with van der Waals surface area (Å²) in [4.78, 5) is 13.8.